The molecule has 116 valence electrons. The molecular weight excluding hydrogens is 274 g/mol. The molecule has 1 heterocycles. The summed E-state index contributed by atoms with van der Waals surface area (Å²) in [4.78, 5) is 22.5. The number of nitrogens with zero attached hydrogens (tertiary/aromatic N) is 3. The number of hydrogen-bond acceptors (Lipinski definition) is 5. The molecule has 1 aromatic rings. The van der Waals surface area contributed by atoms with Crippen molar-refractivity contribution in [1.29, 1.82) is 0 Å². The molecule has 1 aromatic heterocycles. The van der Waals surface area contributed by atoms with Crippen LogP contribution in [0.5, 0.6) is 0 Å². The fourth-order valence-corrected chi connectivity index (χ4v) is 2.64. The highest BCUT2D eigenvalue weighted by molar-refractivity contribution is 5.77. The van der Waals surface area contributed by atoms with Crippen LogP contribution < -0.4 is 11.1 Å². The van der Waals surface area contributed by atoms with Gasteiger partial charge in [-0.15, -0.1) is 5.10 Å². The van der Waals surface area contributed by atoms with Crippen molar-refractivity contribution in [2.24, 2.45) is 5.73 Å². The van der Waals surface area contributed by atoms with Gasteiger partial charge in [-0.25, -0.2) is 4.68 Å². The van der Waals surface area contributed by atoms with Gasteiger partial charge in [-0.05, 0) is 12.8 Å². The molecule has 1 aliphatic carbocycles. The van der Waals surface area contributed by atoms with Crippen LogP contribution in [0.25, 0.3) is 0 Å². The van der Waals surface area contributed by atoms with Crippen LogP contribution >= 0.6 is 0 Å². The van der Waals surface area contributed by atoms with E-state index in [1.807, 2.05) is 0 Å². The van der Waals surface area contributed by atoms with Gasteiger partial charge in [0.2, 0.25) is 5.91 Å². The Balaban J connectivity index is 1.78. The smallest absolute Gasteiger partial charge is 0.325 e. The van der Waals surface area contributed by atoms with Crippen LogP contribution in [-0.4, -0.2) is 37.5 Å². The number of amides is 1. The first-order valence-electron chi connectivity index (χ1n) is 7.13. The van der Waals surface area contributed by atoms with E-state index in [1.165, 1.54) is 17.3 Å². The van der Waals surface area contributed by atoms with Crippen LogP contribution in [0.4, 0.5) is 0 Å². The molecule has 21 heavy (non-hydrogen) atoms. The first-order valence-corrected chi connectivity index (χ1v) is 7.13. The molecule has 0 spiro atoms. The van der Waals surface area contributed by atoms with Crippen molar-refractivity contribution in [3.63, 3.8) is 0 Å². The van der Waals surface area contributed by atoms with Crippen molar-refractivity contribution in [3.8, 4) is 0 Å². The minimum atomic E-state index is -0.988. The molecule has 1 aliphatic rings. The van der Waals surface area contributed by atoms with E-state index < -0.39 is 5.97 Å². The number of nitrogens with one attached hydrogen (secondary N) is 1. The Kier molecular flexibility index (Phi) is 4.89. The zero-order valence-corrected chi connectivity index (χ0v) is 11.9. The van der Waals surface area contributed by atoms with Gasteiger partial charge < -0.3 is 16.2 Å². The van der Waals surface area contributed by atoms with Gasteiger partial charge >= 0.3 is 5.97 Å². The Bertz CT molecular complexity index is 508. The van der Waals surface area contributed by atoms with Crippen molar-refractivity contribution in [2.45, 2.75) is 57.2 Å². The van der Waals surface area contributed by atoms with Gasteiger partial charge in [-0.1, -0.05) is 24.5 Å². The third-order valence-electron chi connectivity index (χ3n) is 3.71. The molecule has 0 saturated heterocycles. The maximum atomic E-state index is 11.9. The van der Waals surface area contributed by atoms with Gasteiger partial charge in [0.1, 0.15) is 12.2 Å². The molecule has 0 bridgehead atoms. The monoisotopic (exact) mass is 295 g/mol. The second-order valence-electron chi connectivity index (χ2n) is 5.68. The molecule has 0 atom stereocenters. The highest BCUT2D eigenvalue weighted by Crippen LogP contribution is 2.28. The molecule has 4 N–H and O–H groups in total. The standard InChI is InChI=1S/C13H21N5O3/c14-13(4-2-1-3-5-13)6-11(19)15-7-10-8-18(17-16-10)9-12(20)21/h8H,1-7,9,14H2,(H,15,19)(H,20,21). The van der Waals surface area contributed by atoms with E-state index in [0.717, 1.165) is 25.7 Å². The molecule has 1 amide bonds. The van der Waals surface area contributed by atoms with Gasteiger partial charge in [-0.2, -0.15) is 0 Å². The summed E-state index contributed by atoms with van der Waals surface area (Å²) in [6.07, 6.45) is 6.93. The van der Waals surface area contributed by atoms with Gasteiger partial charge in [0.25, 0.3) is 0 Å². The number of carboxylic acid groups (broad SMARTS) is 1. The lowest BCUT2D eigenvalue weighted by molar-refractivity contribution is -0.138. The number of aliphatic carboxylic acids is 1. The first-order chi connectivity index (χ1) is 9.97. The second kappa shape index (κ2) is 6.66. The molecule has 0 radical (unpaired) electrons. The summed E-state index contributed by atoms with van der Waals surface area (Å²) in [5, 5.41) is 18.9. The van der Waals surface area contributed by atoms with Crippen molar-refractivity contribution < 1.29 is 14.7 Å². The van der Waals surface area contributed by atoms with Crippen LogP contribution in [0, 0.1) is 0 Å². The second-order valence-corrected chi connectivity index (χ2v) is 5.68. The number of hydrogen-bond donors (Lipinski definition) is 3. The maximum absolute atomic E-state index is 11.9. The molecule has 1 saturated carbocycles. The Morgan fingerprint density at radius 2 is 2.10 bits per heavy atom. The normalized spacial score (nSPS) is 17.4. The Morgan fingerprint density at radius 1 is 1.38 bits per heavy atom. The molecule has 0 unspecified atom stereocenters. The summed E-state index contributed by atoms with van der Waals surface area (Å²) in [7, 11) is 0. The molecule has 2 rings (SSSR count). The topological polar surface area (TPSA) is 123 Å². The number of nitrogens with two attached hydrogens (primary N) is 1. The zero-order chi connectivity index (χ0) is 15.3. The Labute approximate surface area is 122 Å². The van der Waals surface area contributed by atoms with E-state index >= 15 is 0 Å². The lowest BCUT2D eigenvalue weighted by Gasteiger charge is -2.32. The average molecular weight is 295 g/mol. The molecule has 8 nitrogen and oxygen atoms in total. The minimum Gasteiger partial charge on any atom is -0.480 e. The molecule has 0 aliphatic heterocycles. The molecular formula is C13H21N5O3. The van der Waals surface area contributed by atoms with Crippen molar-refractivity contribution in [1.82, 2.24) is 20.3 Å². The van der Waals surface area contributed by atoms with Crippen LogP contribution in [0.2, 0.25) is 0 Å². The summed E-state index contributed by atoms with van der Waals surface area (Å²) in [5.41, 5.74) is 6.37. The van der Waals surface area contributed by atoms with Crippen LogP contribution in [0.15, 0.2) is 6.20 Å². The highest BCUT2D eigenvalue weighted by atomic mass is 16.4. The van der Waals surface area contributed by atoms with E-state index in [2.05, 4.69) is 15.6 Å². The van der Waals surface area contributed by atoms with Gasteiger partial charge in [-0.3, -0.25) is 9.59 Å². The lowest BCUT2D eigenvalue weighted by Crippen LogP contribution is -2.45. The van der Waals surface area contributed by atoms with Gasteiger partial charge in [0.15, 0.2) is 0 Å². The number of aromatic nitrogens is 3. The van der Waals surface area contributed by atoms with Gasteiger partial charge in [0, 0.05) is 12.0 Å². The third-order valence-corrected chi connectivity index (χ3v) is 3.71. The van der Waals surface area contributed by atoms with Crippen molar-refractivity contribution in [3.05, 3.63) is 11.9 Å². The lowest BCUT2D eigenvalue weighted by atomic mass is 9.80. The van der Waals surface area contributed by atoms with Crippen LogP contribution in [0.3, 0.4) is 0 Å². The van der Waals surface area contributed by atoms with E-state index in [9.17, 15) is 9.59 Å². The summed E-state index contributed by atoms with van der Waals surface area (Å²) >= 11 is 0. The van der Waals surface area contributed by atoms with E-state index in [0.29, 0.717) is 12.1 Å². The summed E-state index contributed by atoms with van der Waals surface area (Å²) in [5.74, 6) is -1.09. The maximum Gasteiger partial charge on any atom is 0.325 e. The van der Waals surface area contributed by atoms with Crippen LogP contribution in [-0.2, 0) is 22.7 Å². The third kappa shape index (κ3) is 4.82. The number of carbonyl (C=O) groups excluding carboxylic acids is 1. The number of carboxylic acids is 1. The summed E-state index contributed by atoms with van der Waals surface area (Å²) < 4.78 is 1.22. The summed E-state index contributed by atoms with van der Waals surface area (Å²) in [6.45, 7) is -0.0125. The Hall–Kier alpha value is -1.96. The molecule has 1 fully saturated rings. The van der Waals surface area contributed by atoms with E-state index in [4.69, 9.17) is 10.8 Å². The van der Waals surface area contributed by atoms with Crippen LogP contribution in [0.1, 0.15) is 44.2 Å². The predicted octanol–water partition coefficient (Wildman–Crippen LogP) is 0.0306. The fourth-order valence-electron chi connectivity index (χ4n) is 2.64. The SMILES string of the molecule is NC1(CC(=O)NCc2cn(CC(=O)O)nn2)CCCCC1. The largest absolute Gasteiger partial charge is 0.480 e. The Morgan fingerprint density at radius 3 is 2.76 bits per heavy atom. The minimum absolute atomic E-state index is 0.104. The van der Waals surface area contributed by atoms with E-state index in [-0.39, 0.29) is 24.5 Å². The number of carbonyl (C=O) groups is 2. The fraction of sp³-hybridized carbons (Fsp3) is 0.692. The van der Waals surface area contributed by atoms with E-state index in [1.54, 1.807) is 0 Å². The van der Waals surface area contributed by atoms with Crippen molar-refractivity contribution in [2.75, 3.05) is 0 Å². The molecule has 0 aromatic carbocycles. The van der Waals surface area contributed by atoms with Crippen molar-refractivity contribution >= 4 is 11.9 Å². The predicted molar refractivity (Wildman–Crippen MR) is 74.1 cm³/mol. The van der Waals surface area contributed by atoms with Gasteiger partial charge in [0.05, 0.1) is 12.7 Å². The first kappa shape index (κ1) is 15.4. The zero-order valence-electron chi connectivity index (χ0n) is 11.9. The summed E-state index contributed by atoms with van der Waals surface area (Å²) in [6, 6.07) is 0. The molecule has 8 heteroatoms. The highest BCUT2D eigenvalue weighted by Gasteiger charge is 2.29. The quantitative estimate of drug-likeness (QED) is 0.680. The average Bonchev–Trinajstić information content (AvgIpc) is 2.83. The number of rotatable bonds is 6.